The molecule has 10 heteroatoms. The number of carboxylic acid groups (broad SMARTS) is 1. The number of benzene rings is 1. The van der Waals surface area contributed by atoms with E-state index in [0.717, 1.165) is 25.5 Å². The Hall–Kier alpha value is -2.85. The van der Waals surface area contributed by atoms with Gasteiger partial charge in [-0.2, -0.15) is 0 Å². The van der Waals surface area contributed by atoms with Crippen molar-refractivity contribution in [3.8, 4) is 11.5 Å². The number of methoxy groups -OCH3 is 1. The van der Waals surface area contributed by atoms with Crippen LogP contribution >= 0.6 is 0 Å². The summed E-state index contributed by atoms with van der Waals surface area (Å²) >= 11 is 0. The van der Waals surface area contributed by atoms with Gasteiger partial charge in [-0.1, -0.05) is 0 Å². The molecule has 0 bridgehead atoms. The Morgan fingerprint density at radius 3 is 2.83 bits per heavy atom. The smallest absolute Gasteiger partial charge is 0.492 e. The summed E-state index contributed by atoms with van der Waals surface area (Å²) < 4.78 is 33.2. The molecular formula is C20H22FN3O6. The molecule has 2 aromatic rings. The number of rotatable bonds is 4. The number of hydrogen-bond acceptors (Lipinski definition) is 7. The largest absolute Gasteiger partial charge is 0.511 e. The lowest BCUT2D eigenvalue weighted by molar-refractivity contribution is 0.0212. The van der Waals surface area contributed by atoms with Crippen molar-refractivity contribution in [2.75, 3.05) is 38.3 Å². The van der Waals surface area contributed by atoms with Gasteiger partial charge in [0.2, 0.25) is 5.43 Å². The van der Waals surface area contributed by atoms with Gasteiger partial charge in [0.25, 0.3) is 0 Å². The summed E-state index contributed by atoms with van der Waals surface area (Å²) in [6.45, 7) is 2.42. The van der Waals surface area contributed by atoms with E-state index in [-0.39, 0.29) is 40.8 Å². The highest BCUT2D eigenvalue weighted by molar-refractivity contribution is 5.92. The van der Waals surface area contributed by atoms with Crippen LogP contribution in [0.2, 0.25) is 0 Å². The SMILES string of the molecule is COc1c(N2C[C@@H]3OCCN[C@@H]3C2)c(F)cc2c(=O)c(OC(=O)O)cn(C3CC3)c12. The van der Waals surface area contributed by atoms with Gasteiger partial charge in [0.1, 0.15) is 5.69 Å². The van der Waals surface area contributed by atoms with Gasteiger partial charge in [-0.05, 0) is 18.9 Å². The average Bonchev–Trinajstić information content (AvgIpc) is 3.47. The lowest BCUT2D eigenvalue weighted by atomic mass is 10.1. The summed E-state index contributed by atoms with van der Waals surface area (Å²) in [5, 5.41) is 12.4. The monoisotopic (exact) mass is 419 g/mol. The van der Waals surface area contributed by atoms with Crippen LogP contribution in [0.1, 0.15) is 18.9 Å². The Bertz CT molecular complexity index is 1070. The molecule has 30 heavy (non-hydrogen) atoms. The number of nitrogens with one attached hydrogen (secondary N) is 1. The number of aromatic nitrogens is 1. The number of morpholine rings is 1. The fourth-order valence-electron chi connectivity index (χ4n) is 4.49. The van der Waals surface area contributed by atoms with Crippen molar-refractivity contribution in [3.05, 3.63) is 28.3 Å². The van der Waals surface area contributed by atoms with Crippen molar-refractivity contribution in [3.63, 3.8) is 0 Å². The van der Waals surface area contributed by atoms with Crippen molar-refractivity contribution < 1.29 is 28.5 Å². The van der Waals surface area contributed by atoms with Crippen LogP contribution in [0.15, 0.2) is 17.1 Å². The van der Waals surface area contributed by atoms with Crippen molar-refractivity contribution in [1.82, 2.24) is 9.88 Å². The molecular weight excluding hydrogens is 397 g/mol. The molecule has 5 rings (SSSR count). The van der Waals surface area contributed by atoms with Crippen LogP contribution in [0, 0.1) is 5.82 Å². The molecule has 0 spiro atoms. The standard InChI is InChI=1S/C20H22FN3O6/c1-28-19-16-11(18(25)15(30-20(26)27)9-24(16)10-2-3-10)6-12(21)17(19)23-7-13-14(8-23)29-5-4-22-13/h6,9-10,13-14,22H,2-5,7-8H2,1H3,(H,26,27)/t13-,14+/m1/s1. The van der Waals surface area contributed by atoms with Crippen molar-refractivity contribution in [2.24, 2.45) is 0 Å². The first-order valence-corrected chi connectivity index (χ1v) is 9.94. The molecule has 2 saturated heterocycles. The van der Waals surface area contributed by atoms with E-state index < -0.39 is 17.4 Å². The van der Waals surface area contributed by atoms with E-state index >= 15 is 4.39 Å². The first-order chi connectivity index (χ1) is 14.5. The normalized spacial score (nSPS) is 23.5. The van der Waals surface area contributed by atoms with Gasteiger partial charge < -0.3 is 34.1 Å². The van der Waals surface area contributed by atoms with Gasteiger partial charge in [0.15, 0.2) is 17.3 Å². The van der Waals surface area contributed by atoms with E-state index in [1.54, 1.807) is 4.57 Å². The molecule has 1 saturated carbocycles. The molecule has 1 aromatic heterocycles. The lowest BCUT2D eigenvalue weighted by Gasteiger charge is -2.25. The minimum Gasteiger partial charge on any atom is -0.492 e. The maximum Gasteiger partial charge on any atom is 0.511 e. The summed E-state index contributed by atoms with van der Waals surface area (Å²) in [5.74, 6) is -0.694. The van der Waals surface area contributed by atoms with Crippen LogP contribution < -0.4 is 25.1 Å². The third-order valence-electron chi connectivity index (χ3n) is 5.93. The molecule has 2 aliphatic heterocycles. The Morgan fingerprint density at radius 2 is 2.17 bits per heavy atom. The Kier molecular flexibility index (Phi) is 4.55. The highest BCUT2D eigenvalue weighted by Crippen LogP contribution is 2.45. The number of halogens is 1. The molecule has 1 aromatic carbocycles. The van der Waals surface area contributed by atoms with E-state index in [2.05, 4.69) is 10.1 Å². The quantitative estimate of drug-likeness (QED) is 0.723. The zero-order chi connectivity index (χ0) is 21.0. The zero-order valence-corrected chi connectivity index (χ0v) is 16.4. The van der Waals surface area contributed by atoms with Crippen molar-refractivity contribution in [2.45, 2.75) is 31.0 Å². The second-order valence-corrected chi connectivity index (χ2v) is 7.84. The molecule has 0 unspecified atom stereocenters. The fraction of sp³-hybridized carbons (Fsp3) is 0.500. The number of nitrogens with zero attached hydrogens (tertiary/aromatic N) is 2. The van der Waals surface area contributed by atoms with Crippen molar-refractivity contribution in [1.29, 1.82) is 0 Å². The topological polar surface area (TPSA) is 102 Å². The molecule has 2 N–H and O–H groups in total. The summed E-state index contributed by atoms with van der Waals surface area (Å²) in [7, 11) is 1.44. The van der Waals surface area contributed by atoms with Gasteiger partial charge in [-0.25, -0.2) is 9.18 Å². The molecule has 160 valence electrons. The Morgan fingerprint density at radius 1 is 1.37 bits per heavy atom. The summed E-state index contributed by atoms with van der Waals surface area (Å²) in [6, 6.07) is 1.32. The fourth-order valence-corrected chi connectivity index (χ4v) is 4.49. The first kappa shape index (κ1) is 19.1. The molecule has 0 radical (unpaired) electrons. The van der Waals surface area contributed by atoms with Crippen LogP contribution in [0.25, 0.3) is 10.9 Å². The van der Waals surface area contributed by atoms with Gasteiger partial charge in [0.05, 0.1) is 43.0 Å². The third-order valence-corrected chi connectivity index (χ3v) is 5.93. The molecule has 3 fully saturated rings. The van der Waals surface area contributed by atoms with Crippen LogP contribution in [-0.4, -0.2) is 61.3 Å². The van der Waals surface area contributed by atoms with E-state index in [4.69, 9.17) is 14.6 Å². The predicted molar refractivity (Wildman–Crippen MR) is 105 cm³/mol. The number of ether oxygens (including phenoxy) is 3. The number of hydrogen-bond donors (Lipinski definition) is 2. The highest BCUT2D eigenvalue weighted by Gasteiger charge is 2.39. The van der Waals surface area contributed by atoms with Gasteiger partial charge in [-0.3, -0.25) is 4.79 Å². The predicted octanol–water partition coefficient (Wildman–Crippen LogP) is 1.72. The maximum atomic E-state index is 15.3. The summed E-state index contributed by atoms with van der Waals surface area (Å²) in [6.07, 6.45) is 1.48. The van der Waals surface area contributed by atoms with Crippen LogP contribution in [0.4, 0.5) is 14.9 Å². The summed E-state index contributed by atoms with van der Waals surface area (Å²) in [5.41, 5.74) is 0.0431. The van der Waals surface area contributed by atoms with Gasteiger partial charge in [0, 0.05) is 25.7 Å². The number of carbonyl (C=O) groups is 1. The van der Waals surface area contributed by atoms with Crippen LogP contribution in [-0.2, 0) is 4.74 Å². The third kappa shape index (κ3) is 3.07. The van der Waals surface area contributed by atoms with Gasteiger partial charge in [-0.15, -0.1) is 0 Å². The molecule has 1 aliphatic carbocycles. The molecule has 2 atom stereocenters. The second kappa shape index (κ2) is 7.13. The van der Waals surface area contributed by atoms with E-state index in [0.29, 0.717) is 25.2 Å². The van der Waals surface area contributed by atoms with E-state index in [1.807, 2.05) is 4.90 Å². The Balaban J connectivity index is 1.70. The highest BCUT2D eigenvalue weighted by atomic mass is 19.1. The van der Waals surface area contributed by atoms with Crippen LogP contribution in [0.5, 0.6) is 11.5 Å². The number of anilines is 1. The average molecular weight is 419 g/mol. The Labute approximate surface area is 170 Å². The van der Waals surface area contributed by atoms with E-state index in [1.165, 1.54) is 13.3 Å². The first-order valence-electron chi connectivity index (χ1n) is 9.94. The maximum absolute atomic E-state index is 15.3. The number of pyridine rings is 1. The number of fused-ring (bicyclic) bond motifs is 2. The minimum absolute atomic E-state index is 0.0322. The summed E-state index contributed by atoms with van der Waals surface area (Å²) in [4.78, 5) is 25.7. The second-order valence-electron chi connectivity index (χ2n) is 7.84. The van der Waals surface area contributed by atoms with Crippen molar-refractivity contribution >= 4 is 22.7 Å². The molecule has 3 heterocycles. The van der Waals surface area contributed by atoms with Crippen LogP contribution in [0.3, 0.4) is 0 Å². The molecule has 9 nitrogen and oxygen atoms in total. The zero-order valence-electron chi connectivity index (χ0n) is 16.4. The minimum atomic E-state index is -1.59. The van der Waals surface area contributed by atoms with E-state index in [9.17, 15) is 9.59 Å². The van der Waals surface area contributed by atoms with Gasteiger partial charge >= 0.3 is 6.16 Å². The lowest BCUT2D eigenvalue weighted by Crippen LogP contribution is -2.47. The molecule has 3 aliphatic rings. The molecule has 0 amide bonds.